The molecule has 2 fully saturated rings. The fourth-order valence-electron chi connectivity index (χ4n) is 6.96. The molecule has 12 N–H and O–H groups in total. The first kappa shape index (κ1) is 58.3. The van der Waals surface area contributed by atoms with Crippen LogP contribution in [0, 0.1) is 0 Å². The van der Waals surface area contributed by atoms with Crippen molar-refractivity contribution in [3.63, 3.8) is 0 Å². The van der Waals surface area contributed by atoms with E-state index in [4.69, 9.17) is 23.5 Å². The number of aliphatic carboxylic acids is 1. The molecule has 3 heterocycles. The van der Waals surface area contributed by atoms with Crippen LogP contribution in [0.5, 0.6) is 0 Å². The molecule has 3 rings (SSSR count). The number of aryl methyl sites for hydroxylation is 2. The fourth-order valence-corrected chi connectivity index (χ4v) is 8.99. The highest BCUT2D eigenvalue weighted by Crippen LogP contribution is 2.78. The zero-order valence-electron chi connectivity index (χ0n) is 38.2. The largest absolute Gasteiger partial charge is 0.480 e. The van der Waals surface area contributed by atoms with Crippen LogP contribution in [0.3, 0.4) is 0 Å². The fraction of sp³-hybridized carbons (Fsp3) is 0.784. The van der Waals surface area contributed by atoms with E-state index >= 15 is 0 Å². The Morgan fingerprint density at radius 1 is 0.853 bits per heavy atom. The highest BCUT2D eigenvalue weighted by atomic mass is 32.1. The summed E-state index contributed by atoms with van der Waals surface area (Å²) in [7, 11) is -10.6. The van der Waals surface area contributed by atoms with Gasteiger partial charge in [0.15, 0.2) is 12.6 Å². The lowest BCUT2D eigenvalue weighted by Crippen LogP contribution is -2.70. The van der Waals surface area contributed by atoms with Crippen LogP contribution in [0.1, 0.15) is 72.4 Å². The van der Waals surface area contributed by atoms with Gasteiger partial charge in [0.25, 0.3) is 0 Å². The minimum Gasteiger partial charge on any atom is -0.480 e. The summed E-state index contributed by atoms with van der Waals surface area (Å²) in [6, 6.07) is -5.90. The summed E-state index contributed by atoms with van der Waals surface area (Å²) < 4.78 is 60.0. The first-order valence-electron chi connectivity index (χ1n) is 21.5. The smallest absolute Gasteiger partial charge is 0.440 e. The Kier molecular flexibility index (Phi) is 23.0. The molecule has 0 aromatic carbocycles. The predicted octanol–water partition coefficient (Wildman–Crippen LogP) is -3.75. The number of aromatic nitrogens is 3. The van der Waals surface area contributed by atoms with Crippen molar-refractivity contribution in [1.29, 1.82) is 0 Å². The molecule has 388 valence electrons. The van der Waals surface area contributed by atoms with Gasteiger partial charge in [0.1, 0.15) is 66.9 Å². The molecule has 29 nitrogen and oxygen atoms in total. The second-order valence-corrected chi connectivity index (χ2v) is 21.5. The van der Waals surface area contributed by atoms with E-state index in [-0.39, 0.29) is 25.8 Å². The van der Waals surface area contributed by atoms with Gasteiger partial charge < -0.3 is 85.4 Å². The lowest BCUT2D eigenvalue weighted by molar-refractivity contribution is -0.330. The number of rotatable bonds is 27. The highest BCUT2D eigenvalue weighted by Gasteiger charge is 2.56. The van der Waals surface area contributed by atoms with Gasteiger partial charge in [-0.05, 0) is 46.0 Å². The van der Waals surface area contributed by atoms with Crippen LogP contribution in [-0.2, 0) is 78.9 Å². The highest BCUT2D eigenvalue weighted by molar-refractivity contribution is 8.26. The van der Waals surface area contributed by atoms with Crippen LogP contribution in [0.15, 0.2) is 6.20 Å². The first-order valence-corrected chi connectivity index (χ1v) is 25.4. The zero-order chi connectivity index (χ0) is 51.1. The predicted molar refractivity (Wildman–Crippen MR) is 228 cm³/mol. The van der Waals surface area contributed by atoms with Crippen LogP contribution >= 0.6 is 14.6 Å². The number of nitrogens with one attached hydrogen (secondary N) is 5. The van der Waals surface area contributed by atoms with Gasteiger partial charge in [0.2, 0.25) is 29.5 Å². The third kappa shape index (κ3) is 16.5. The average molecular weight is 1020 g/mol. The van der Waals surface area contributed by atoms with Crippen molar-refractivity contribution in [3.8, 4) is 0 Å². The van der Waals surface area contributed by atoms with Gasteiger partial charge in [-0.25, -0.2) is 13.9 Å². The molecule has 0 radical (unpaired) electrons. The van der Waals surface area contributed by atoms with Gasteiger partial charge in [0.05, 0.1) is 18.9 Å². The van der Waals surface area contributed by atoms with Gasteiger partial charge in [0, 0.05) is 46.7 Å². The quantitative estimate of drug-likeness (QED) is 0.0298. The minimum absolute atomic E-state index is 0.0680. The van der Waals surface area contributed by atoms with E-state index in [9.17, 15) is 73.2 Å². The summed E-state index contributed by atoms with van der Waals surface area (Å²) in [5, 5.41) is 71.5. The van der Waals surface area contributed by atoms with Crippen molar-refractivity contribution in [2.75, 3.05) is 26.9 Å². The number of carboxylic acids is 1. The molecule has 1 aromatic rings. The number of hydrogen-bond donors (Lipinski definition) is 12. The SMILES string of the molecule is CCc1cn(CCCC[C@@H](NC(=O)CCCNC(=O)[C@H](C)NC(=O)[C@@H](C)O[C@H]2C(O[C@@H]3O[C@H](CO)[C@@H](O)[C@H](O)[C@H]3NC(C)=O)[C@@H](CO)O[C@H](OP(=O)(O)P(=O)(O)OC)[C@@H]2NC(C)=O)C(=O)O)nn1. The van der Waals surface area contributed by atoms with E-state index in [0.717, 1.165) is 32.9 Å². The Morgan fingerprint density at radius 3 is 2.06 bits per heavy atom. The molecular weight excluding hydrogens is 954 g/mol. The Labute approximate surface area is 390 Å². The molecule has 68 heavy (non-hydrogen) atoms. The maximum Gasteiger partial charge on any atom is 0.440 e. The lowest BCUT2D eigenvalue weighted by Gasteiger charge is -2.49. The van der Waals surface area contributed by atoms with Crippen LogP contribution in [0.2, 0.25) is 0 Å². The monoisotopic (exact) mass is 1020 g/mol. The molecule has 2 aliphatic heterocycles. The number of ether oxygens (including phenoxy) is 4. The van der Waals surface area contributed by atoms with Crippen molar-refractivity contribution in [1.82, 2.24) is 41.6 Å². The van der Waals surface area contributed by atoms with Gasteiger partial charge in [-0.2, -0.15) is 0 Å². The van der Waals surface area contributed by atoms with Crippen molar-refractivity contribution < 1.29 is 101 Å². The number of carbonyl (C=O) groups excluding carboxylic acids is 5. The Morgan fingerprint density at radius 2 is 1.49 bits per heavy atom. The molecule has 1 aromatic heterocycles. The number of aliphatic hydroxyl groups excluding tert-OH is 4. The Balaban J connectivity index is 1.74. The van der Waals surface area contributed by atoms with E-state index in [1.165, 1.54) is 6.92 Å². The summed E-state index contributed by atoms with van der Waals surface area (Å²) in [5.74, 6) is -5.17. The zero-order valence-corrected chi connectivity index (χ0v) is 40.0. The Hall–Kier alpha value is -4.06. The van der Waals surface area contributed by atoms with Crippen LogP contribution < -0.4 is 26.6 Å². The van der Waals surface area contributed by atoms with Crippen molar-refractivity contribution in [2.24, 2.45) is 0 Å². The summed E-state index contributed by atoms with van der Waals surface area (Å²) in [6.45, 7) is 4.91. The summed E-state index contributed by atoms with van der Waals surface area (Å²) in [6.07, 6.45) is -12.7. The standard InChI is InChI=1S/C37H64N8O21P2/c1-7-22-15-45(44-43-22)14-9-8-11-23(35(55)56)42-26(50)12-10-13-38-33(53)18(2)39-34(54)19(3)62-32-28(41-21(5)49)37(66-68(59,60)67(57,58)61-6)64-25(17-47)31(32)65-36-27(40-20(4)48)30(52)29(51)24(16-46)63-36/h15,18-19,23-25,27-32,36-37,46-47,51-52H,7-14,16-17H2,1-6H3,(H,38,53)(H,39,54)(H,40,48)(H,41,49)(H,42,50)(H,55,56)(H,57,58)(H,59,60)/t18-,19+,23+,24+,25+,27+,28+,29+,30+,31?,32+,36-,37+/m0/s1. The molecule has 31 heteroatoms. The van der Waals surface area contributed by atoms with E-state index in [0.29, 0.717) is 26.5 Å². The lowest BCUT2D eigenvalue weighted by atomic mass is 9.94. The number of unbranched alkanes of at least 4 members (excludes halogenated alkanes) is 1. The Bertz CT molecular complexity index is 1970. The molecule has 3 unspecified atom stereocenters. The first-order chi connectivity index (χ1) is 31.9. The number of aliphatic hydroxyl groups is 4. The molecule has 0 bridgehead atoms. The molecule has 15 atom stereocenters. The number of hydrogen-bond acceptors (Lipinski definition) is 20. The molecule has 0 saturated carbocycles. The normalized spacial score (nSPS) is 28.1. The second kappa shape index (κ2) is 26.8. The third-order valence-corrected chi connectivity index (χ3v) is 14.9. The molecule has 2 saturated heterocycles. The van der Waals surface area contributed by atoms with Gasteiger partial charge in [-0.1, -0.05) is 12.1 Å². The summed E-state index contributed by atoms with van der Waals surface area (Å²) >= 11 is 0. The van der Waals surface area contributed by atoms with Crippen LogP contribution in [0.25, 0.3) is 0 Å². The molecular formula is C37H64N8O21P2. The van der Waals surface area contributed by atoms with Gasteiger partial charge >= 0.3 is 20.5 Å². The molecule has 5 amide bonds. The van der Waals surface area contributed by atoms with Crippen molar-refractivity contribution in [3.05, 3.63) is 11.9 Å². The van der Waals surface area contributed by atoms with Crippen molar-refractivity contribution in [2.45, 2.75) is 159 Å². The van der Waals surface area contributed by atoms with Crippen LogP contribution in [0.4, 0.5) is 0 Å². The maximum atomic E-state index is 13.6. The third-order valence-electron chi connectivity index (χ3n) is 10.6. The van der Waals surface area contributed by atoms with Gasteiger partial charge in [-0.3, -0.25) is 33.2 Å². The second-order valence-electron chi connectivity index (χ2n) is 15.9. The molecule has 2 aliphatic rings. The molecule has 0 spiro atoms. The van der Waals surface area contributed by atoms with Crippen LogP contribution in [-0.4, -0.2) is 192 Å². The number of amides is 5. The van der Waals surface area contributed by atoms with Crippen molar-refractivity contribution >= 4 is 50.1 Å². The van der Waals surface area contributed by atoms with E-state index in [1.807, 2.05) is 6.92 Å². The number of carbonyl (C=O) groups is 6. The van der Waals surface area contributed by atoms with Gasteiger partial charge in [-0.15, -0.1) is 5.10 Å². The molecule has 0 aliphatic carbocycles. The average Bonchev–Trinajstić information content (AvgIpc) is 3.74. The van der Waals surface area contributed by atoms with E-state index in [2.05, 4.69) is 41.4 Å². The minimum atomic E-state index is -5.74. The number of nitrogens with zero attached hydrogens (tertiary/aromatic N) is 3. The summed E-state index contributed by atoms with van der Waals surface area (Å²) in [4.78, 5) is 96.3. The number of carboxylic acid groups (broad SMARTS) is 1. The topological polar surface area (TPSA) is 424 Å². The maximum absolute atomic E-state index is 13.6. The van der Waals surface area contributed by atoms with E-state index in [1.54, 1.807) is 10.9 Å². The summed E-state index contributed by atoms with van der Waals surface area (Å²) in [5.41, 5.74) is 0.828. The van der Waals surface area contributed by atoms with E-state index < -0.39 is 143 Å².